The second-order valence-electron chi connectivity index (χ2n) is 28.0. The van der Waals surface area contributed by atoms with Crippen LogP contribution in [0.1, 0.15) is 184 Å². The Balaban J connectivity index is 0.931. The predicted octanol–water partition coefficient (Wildman–Crippen LogP) is 7.28. The normalized spacial score (nSPS) is 41.5. The van der Waals surface area contributed by atoms with Crippen molar-refractivity contribution in [3.63, 3.8) is 0 Å². The van der Waals surface area contributed by atoms with Crippen LogP contribution in [-0.4, -0.2) is 121 Å². The van der Waals surface area contributed by atoms with Crippen LogP contribution in [0.3, 0.4) is 0 Å². The van der Waals surface area contributed by atoms with Gasteiger partial charge in [0.05, 0.1) is 30.3 Å². The molecule has 8 fully saturated rings. The highest BCUT2D eigenvalue weighted by Gasteiger charge is 2.66. The minimum Gasteiger partial charge on any atom is -0.461 e. The van der Waals surface area contributed by atoms with Crippen LogP contribution >= 0.6 is 0 Å². The smallest absolute Gasteiger partial charge is 0.326 e. The van der Waals surface area contributed by atoms with Crippen molar-refractivity contribution in [3.05, 3.63) is 0 Å². The van der Waals surface area contributed by atoms with Gasteiger partial charge in [0, 0.05) is 37.8 Å². The lowest BCUT2D eigenvalue weighted by Crippen LogP contribution is -2.61. The third-order valence-corrected chi connectivity index (χ3v) is 25.0. The number of aliphatic hydroxyl groups excluding tert-OH is 2. The third-order valence-electron chi connectivity index (χ3n) is 23.5. The van der Waals surface area contributed by atoms with Gasteiger partial charge in [-0.3, -0.25) is 33.6 Å². The van der Waals surface area contributed by atoms with E-state index in [1.165, 1.54) is 0 Å². The molecule has 0 aromatic carbocycles. The van der Waals surface area contributed by atoms with Crippen LogP contribution in [0.4, 0.5) is 0 Å². The van der Waals surface area contributed by atoms with E-state index in [0.29, 0.717) is 68.1 Å². The molecule has 8 saturated carbocycles. The summed E-state index contributed by atoms with van der Waals surface area (Å²) in [5, 5.41) is 30.5. The number of carbonyl (C=O) groups excluding carboxylic acids is 4. The number of hydrogen-bond acceptors (Lipinski definition) is 13. The van der Waals surface area contributed by atoms with Crippen molar-refractivity contribution in [1.82, 2.24) is 16.0 Å². The van der Waals surface area contributed by atoms with Crippen molar-refractivity contribution in [3.8, 4) is 0 Å². The first kappa shape index (κ1) is 60.7. The molecule has 19 heteroatoms. The number of ether oxygens (including phenoxy) is 2. The highest BCUT2D eigenvalue weighted by Crippen LogP contribution is 2.71. The lowest BCUT2D eigenvalue weighted by molar-refractivity contribution is -0.200. The van der Waals surface area contributed by atoms with E-state index >= 15 is 0 Å². The first-order chi connectivity index (χ1) is 35.9. The van der Waals surface area contributed by atoms with Gasteiger partial charge in [0.25, 0.3) is 20.2 Å². The predicted molar refractivity (Wildman–Crippen MR) is 291 cm³/mol. The number of hydrogen-bond donors (Lipinski definition) is 7. The molecule has 20 atom stereocenters. The van der Waals surface area contributed by atoms with Crippen molar-refractivity contribution in [1.29, 1.82) is 0 Å². The molecule has 0 aromatic heterocycles. The molecular weight excluding hydrogens is 1030 g/mol. The van der Waals surface area contributed by atoms with Crippen LogP contribution < -0.4 is 16.0 Å². The molecule has 2 unspecified atom stereocenters. The Hall–Kier alpha value is -2.42. The van der Waals surface area contributed by atoms with Crippen molar-refractivity contribution < 1.29 is 64.8 Å². The number of amides is 2. The van der Waals surface area contributed by atoms with E-state index in [1.54, 1.807) is 13.8 Å². The van der Waals surface area contributed by atoms with Gasteiger partial charge in [-0.2, -0.15) is 16.8 Å². The number of rotatable bonds is 20. The zero-order chi connectivity index (χ0) is 56.3. The highest BCUT2D eigenvalue weighted by molar-refractivity contribution is 7.86. The van der Waals surface area contributed by atoms with E-state index in [0.717, 1.165) is 77.0 Å². The second kappa shape index (κ2) is 23.1. The number of nitrogens with one attached hydrogen (secondary N) is 3. The Bertz CT molecular complexity index is 2390. The summed E-state index contributed by atoms with van der Waals surface area (Å²) in [7, 11) is -8.34. The van der Waals surface area contributed by atoms with Crippen LogP contribution in [0.15, 0.2) is 0 Å². The van der Waals surface area contributed by atoms with Gasteiger partial charge in [-0.15, -0.1) is 0 Å². The van der Waals surface area contributed by atoms with Gasteiger partial charge in [-0.1, -0.05) is 41.5 Å². The molecule has 0 radical (unpaired) electrons. The Labute approximate surface area is 460 Å². The molecular formula is C58H97N3O14S2. The number of fused-ring (bicyclic) bond motifs is 10. The molecule has 0 aliphatic heterocycles. The zero-order valence-corrected chi connectivity index (χ0v) is 49.2. The van der Waals surface area contributed by atoms with Gasteiger partial charge < -0.3 is 30.3 Å². The molecule has 0 bridgehead atoms. The Morgan fingerprint density at radius 1 is 0.571 bits per heavy atom. The lowest BCUT2D eigenvalue weighted by Gasteiger charge is -2.63. The monoisotopic (exact) mass is 1120 g/mol. The average molecular weight is 1120 g/mol. The van der Waals surface area contributed by atoms with Crippen molar-refractivity contribution in [2.45, 2.75) is 214 Å². The standard InChI is InChI=1S/C58H97N3O14S2/c1-34(9-15-48(64)59-25-27-76(68,69)70)40-11-13-42-51-44(19-23-57(40,42)7)55(5)21-17-38(62)29-36(55)31-46(51)74-50(66)33-61-54(3,4)53(67)75-47-32-37-30-39(63)18-22-56(37,6)45-20-24-58(8)41(12-14-43(58)52(45)47)35(2)10-16-49(65)60-26-28-77(71,72)73/h34-47,51-52,61-63H,9-33H2,1-8H3,(H,59,64)(H,60,65)(H,68,69,70)(H,71,72,73)/t34-,35-,36?,37?,38+,39+,40-,41+,42-,43-,44-,45-,46-,47-,51-,52-,55-,56-,57+,58+/m1/s1. The summed E-state index contributed by atoms with van der Waals surface area (Å²) in [6.07, 6.45) is 14.5. The summed E-state index contributed by atoms with van der Waals surface area (Å²) in [6, 6.07) is 0. The van der Waals surface area contributed by atoms with Gasteiger partial charge in [-0.25, -0.2) is 0 Å². The number of aliphatic hydroxyl groups is 2. The number of carbonyl (C=O) groups is 4. The summed E-state index contributed by atoms with van der Waals surface area (Å²) in [5.74, 6) is 0.646. The minimum absolute atomic E-state index is 0.00390. The van der Waals surface area contributed by atoms with Gasteiger partial charge in [0.2, 0.25) is 11.8 Å². The van der Waals surface area contributed by atoms with Crippen molar-refractivity contribution in [2.75, 3.05) is 31.1 Å². The van der Waals surface area contributed by atoms with Crippen LogP contribution in [0.5, 0.6) is 0 Å². The molecule has 440 valence electrons. The first-order valence-electron chi connectivity index (χ1n) is 29.8. The van der Waals surface area contributed by atoms with Crippen LogP contribution in [0, 0.1) is 92.7 Å². The lowest BCUT2D eigenvalue weighted by atomic mass is 9.43. The summed E-state index contributed by atoms with van der Waals surface area (Å²) in [5.41, 5.74) is -1.31. The zero-order valence-electron chi connectivity index (χ0n) is 47.6. The highest BCUT2D eigenvalue weighted by atomic mass is 32.2. The summed E-state index contributed by atoms with van der Waals surface area (Å²) in [4.78, 5) is 54.5. The van der Waals surface area contributed by atoms with Crippen LogP contribution in [0.25, 0.3) is 0 Å². The molecule has 8 aliphatic rings. The molecule has 8 aliphatic carbocycles. The molecule has 7 N–H and O–H groups in total. The molecule has 0 aromatic rings. The molecule has 2 amide bonds. The Kier molecular flexibility index (Phi) is 18.2. The van der Waals surface area contributed by atoms with Crippen LogP contribution in [0.2, 0.25) is 0 Å². The molecule has 0 saturated heterocycles. The maximum atomic E-state index is 14.7. The second-order valence-corrected chi connectivity index (χ2v) is 31.2. The molecule has 8 rings (SSSR count). The van der Waals surface area contributed by atoms with E-state index in [-0.39, 0.29) is 132 Å². The van der Waals surface area contributed by atoms with E-state index in [1.807, 2.05) is 0 Å². The van der Waals surface area contributed by atoms with Gasteiger partial charge >= 0.3 is 11.9 Å². The van der Waals surface area contributed by atoms with Gasteiger partial charge in [0.15, 0.2) is 0 Å². The minimum atomic E-state index is -4.17. The van der Waals surface area contributed by atoms with E-state index < -0.39 is 49.2 Å². The SMILES string of the molecule is C[C@H](CCC(=O)NCCS(=O)(=O)O)[C@H]1CC[C@@H]2[C@@H]3[C@@H](CC[C@]21C)[C@]1(C)CC[C@H](O)CC1C[C@H]3OC(=O)CNC(C)(C)C(=O)O[C@@H]1CC2C[C@@H](O)CC[C@@]2(C)[C@@H]2CC[C@]3(C)[C@H](CC[C@H]3[C@H](C)CCC(=O)NCCS(=O)(=O)O)[C@H]21. The Morgan fingerprint density at radius 3 is 1.38 bits per heavy atom. The summed E-state index contributed by atoms with van der Waals surface area (Å²) in [6.45, 7) is 17.1. The largest absolute Gasteiger partial charge is 0.461 e. The quantitative estimate of drug-likeness (QED) is 0.0466. The van der Waals surface area contributed by atoms with Crippen molar-refractivity contribution in [2.24, 2.45) is 92.7 Å². The topological polar surface area (TPSA) is 272 Å². The maximum absolute atomic E-state index is 14.7. The maximum Gasteiger partial charge on any atom is 0.326 e. The van der Waals surface area contributed by atoms with Crippen molar-refractivity contribution >= 4 is 44.0 Å². The fourth-order valence-electron chi connectivity index (χ4n) is 19.3. The van der Waals surface area contributed by atoms with Gasteiger partial charge in [0.1, 0.15) is 17.7 Å². The summed E-state index contributed by atoms with van der Waals surface area (Å²) < 4.78 is 76.4. The summed E-state index contributed by atoms with van der Waals surface area (Å²) >= 11 is 0. The molecule has 17 nitrogen and oxygen atoms in total. The van der Waals surface area contributed by atoms with Gasteiger partial charge in [-0.05, 0) is 210 Å². The molecule has 77 heavy (non-hydrogen) atoms. The Morgan fingerprint density at radius 2 is 0.961 bits per heavy atom. The average Bonchev–Trinajstić information content (AvgIpc) is 4.00. The van der Waals surface area contributed by atoms with E-state index in [4.69, 9.17) is 18.6 Å². The molecule has 0 spiro atoms. The van der Waals surface area contributed by atoms with E-state index in [9.17, 15) is 46.2 Å². The first-order valence-corrected chi connectivity index (χ1v) is 33.1. The van der Waals surface area contributed by atoms with Crippen LogP contribution in [-0.2, 0) is 48.9 Å². The van der Waals surface area contributed by atoms with E-state index in [2.05, 4.69) is 57.5 Å². The third kappa shape index (κ3) is 12.8. The molecule has 0 heterocycles. The number of esters is 2. The fraction of sp³-hybridized carbons (Fsp3) is 0.931. The fourth-order valence-corrected chi connectivity index (χ4v) is 20.1.